The number of amides is 12. The van der Waals surface area contributed by atoms with Gasteiger partial charge in [0.2, 0.25) is 70.9 Å². The Morgan fingerprint density at radius 1 is 0.315 bits per heavy atom. The number of hydrogen-bond acceptors (Lipinski definition) is 22. The summed E-state index contributed by atoms with van der Waals surface area (Å²) in [6.45, 7) is 16.8. The van der Waals surface area contributed by atoms with Gasteiger partial charge in [-0.2, -0.15) is 0 Å². The van der Waals surface area contributed by atoms with E-state index in [-0.39, 0.29) is 42.8 Å². The Morgan fingerprint density at radius 3 is 0.775 bits per heavy atom. The van der Waals surface area contributed by atoms with Crippen molar-refractivity contribution in [3.63, 3.8) is 0 Å². The van der Waals surface area contributed by atoms with Crippen LogP contribution in [-0.2, 0) is 110 Å². The van der Waals surface area contributed by atoms with E-state index in [1.807, 2.05) is 0 Å². The highest BCUT2D eigenvalue weighted by atomic mass is 35.5. The molecule has 18 N–H and O–H groups in total. The number of aromatic hydroxyl groups is 3. The Bertz CT molecular complexity index is 3690. The molecule has 0 fully saturated rings. The summed E-state index contributed by atoms with van der Waals surface area (Å²) >= 11 is 12.3. The van der Waals surface area contributed by atoms with Gasteiger partial charge in [-0.15, -0.1) is 23.2 Å². The molecule has 3 rings (SSSR count). The van der Waals surface area contributed by atoms with Gasteiger partial charge >= 0.3 is 17.9 Å². The van der Waals surface area contributed by atoms with Crippen molar-refractivity contribution in [2.45, 2.75) is 205 Å². The van der Waals surface area contributed by atoms with Crippen LogP contribution in [-0.4, -0.2) is 226 Å². The van der Waals surface area contributed by atoms with Crippen LogP contribution in [0.25, 0.3) is 0 Å². The summed E-state index contributed by atoms with van der Waals surface area (Å²) in [5, 5.41) is 80.3. The molecule has 0 heterocycles. The number of alkyl halides is 2. The van der Waals surface area contributed by atoms with E-state index in [0.29, 0.717) is 16.7 Å². The first kappa shape index (κ1) is 95.4. The Kier molecular flexibility index (Phi) is 39.6. The van der Waals surface area contributed by atoms with E-state index in [0.717, 1.165) is 13.8 Å². The normalized spacial score (nSPS) is 14.7. The Hall–Kier alpha value is -11.6. The zero-order valence-electron chi connectivity index (χ0n) is 62.8. The first-order chi connectivity index (χ1) is 51.7. The molecule has 39 heteroatoms. The lowest BCUT2D eigenvalue weighted by molar-refractivity contribution is -0.142. The van der Waals surface area contributed by atoms with Crippen LogP contribution < -0.4 is 63.8 Å². The molecule has 37 nitrogen and oxygen atoms in total. The molecule has 0 spiro atoms. The van der Waals surface area contributed by atoms with Gasteiger partial charge in [0.1, 0.15) is 90.0 Å². The Labute approximate surface area is 647 Å². The van der Waals surface area contributed by atoms with Gasteiger partial charge in [-0.3, -0.25) is 86.3 Å². The van der Waals surface area contributed by atoms with E-state index in [4.69, 9.17) is 28.3 Å². The average Bonchev–Trinajstić information content (AvgIpc) is 0.820. The second kappa shape index (κ2) is 46.0. The van der Waals surface area contributed by atoms with Crippen LogP contribution in [0.5, 0.6) is 17.2 Å². The van der Waals surface area contributed by atoms with Crippen molar-refractivity contribution in [2.75, 3.05) is 0 Å². The van der Waals surface area contributed by atoms with Gasteiger partial charge in [0.15, 0.2) is 28.1 Å². The number of hydrogen-bond donors (Lipinski definition) is 18. The molecule has 0 radical (unpaired) electrons. The predicted octanol–water partition coefficient (Wildman–Crippen LogP) is -1.73. The summed E-state index contributed by atoms with van der Waals surface area (Å²) in [7, 11) is 0. The first-order valence-electron chi connectivity index (χ1n) is 34.5. The number of phenols is 3. The lowest BCUT2D eigenvalue weighted by Gasteiger charge is -2.27. The average molecular weight is 1600 g/mol. The molecule has 0 aliphatic heterocycles. The number of aldehydes is 1. The van der Waals surface area contributed by atoms with Crippen LogP contribution in [0, 0.1) is 17.8 Å². The molecule has 3 aromatic carbocycles. The SMILES string of the molecule is CC(=O)N[C@@H](Cc1ccc(O)cc1)C(=O)N[C@H](C(=O)N[C@@H](C)C(=O)N[C@@H](CC(=O)O)C(=O)C(Cl)C(=O)C(Cl)C(=O)[C@H](CC(=O)O)NC(=O)[C@H](C)NC(=O)[C@@H](NC(=O)[C@H](Cc1ccc(O)cc1)NC(C)=O)C(C)C)C(C)C.CC(=O)N[C@@H](Cc1ccc(O)cc1)C(=O)N[C@H](C(=O)N[C@@H](C)C(=O)N[C@H](C=O)CC(=O)O)C(C)C. The molecule has 608 valence electrons. The van der Waals surface area contributed by atoms with Gasteiger partial charge in [-0.1, -0.05) is 77.9 Å². The minimum Gasteiger partial charge on any atom is -0.508 e. The van der Waals surface area contributed by atoms with Crippen LogP contribution >= 0.6 is 23.2 Å². The Morgan fingerprint density at radius 2 is 0.559 bits per heavy atom. The number of carboxylic acids is 3. The van der Waals surface area contributed by atoms with E-state index >= 15 is 0 Å². The standard InChI is InChI=1S/C49H64Cl2N8O17.C23H32N4O8/c1-21(2)39(58-46(73)33(54-25(7)60)17-27-9-13-29(62)14-10-27)48(75)52-23(5)44(71)56-31(19-35(64)65)41(68)37(50)43(70)38(51)42(69)32(20-36(66)67)57-45(72)24(6)53-49(76)40(22(3)4)59-47(74)34(55-26(8)61)18-28-11-15-30(63)16-12-28;1-12(2)20(23(35)24-13(3)21(33)26-16(11-28)10-19(31)32)27-22(34)18(25-14(4)29)9-15-5-7-17(30)8-6-15/h9-16,21-24,31-34,37-40,62-63H,17-20H2,1-8H3,(H,52,75)(H,53,76)(H,54,60)(H,55,61)(H,56,71)(H,57,72)(H,58,73)(H,59,74)(H,64,65)(H,66,67);5-8,11-13,16,18,20,30H,9-10H2,1-4H3,(H,24,35)(H,25,29)(H,26,33)(H,27,34)(H,31,32)/t23-,24-,31-,32-,33-,34-,37?,38?,39-,40-;13-,16-,18-,20-/m00/s1. The van der Waals surface area contributed by atoms with Gasteiger partial charge in [0, 0.05) is 40.0 Å². The van der Waals surface area contributed by atoms with Crippen molar-refractivity contribution in [2.24, 2.45) is 17.8 Å². The molecule has 0 aliphatic carbocycles. The highest BCUT2D eigenvalue weighted by molar-refractivity contribution is 6.53. The second-order valence-corrected chi connectivity index (χ2v) is 27.7. The topological polar surface area (TPSA) is 590 Å². The number of phenolic OH excluding ortho intramolecular Hbond substituents is 3. The molecule has 0 bridgehead atoms. The van der Waals surface area contributed by atoms with E-state index in [1.165, 1.54) is 88.4 Å². The molecule has 14 atom stereocenters. The van der Waals surface area contributed by atoms with Crippen LogP contribution in [0.3, 0.4) is 0 Å². The lowest BCUT2D eigenvalue weighted by atomic mass is 9.97. The van der Waals surface area contributed by atoms with Crippen molar-refractivity contribution >= 4 is 136 Å². The van der Waals surface area contributed by atoms with E-state index < -0.39 is 226 Å². The number of carboxylic acid groups (broad SMARTS) is 3. The zero-order chi connectivity index (χ0) is 84.6. The van der Waals surface area contributed by atoms with Crippen molar-refractivity contribution < 1.29 is 122 Å². The maximum absolute atomic E-state index is 13.6. The van der Waals surface area contributed by atoms with Crippen LogP contribution in [0.2, 0.25) is 0 Å². The molecule has 0 aromatic heterocycles. The summed E-state index contributed by atoms with van der Waals surface area (Å²) in [5.41, 5.74) is 1.76. The lowest BCUT2D eigenvalue weighted by Crippen LogP contribution is -2.59. The maximum Gasteiger partial charge on any atom is 0.305 e. The maximum atomic E-state index is 13.6. The molecule has 0 saturated carbocycles. The largest absolute Gasteiger partial charge is 0.508 e. The monoisotopic (exact) mass is 1600 g/mol. The fraction of sp³-hybridized carbons (Fsp3) is 0.486. The third-order valence-electron chi connectivity index (χ3n) is 16.2. The van der Waals surface area contributed by atoms with Crippen molar-refractivity contribution in [3.05, 3.63) is 89.5 Å². The molecule has 3 aromatic rings. The number of aliphatic carboxylic acids is 3. The number of carbonyl (C=O) groups excluding carboxylic acids is 16. The molecule has 12 amide bonds. The minimum atomic E-state index is -2.48. The number of rotatable bonds is 43. The number of ketones is 3. The predicted molar refractivity (Wildman–Crippen MR) is 394 cm³/mol. The number of Topliss-reactive ketones (excluding diaryl/α,β-unsaturated/α-hetero) is 3. The fourth-order valence-corrected chi connectivity index (χ4v) is 10.8. The van der Waals surface area contributed by atoms with Gasteiger partial charge in [-0.05, 0) is 91.6 Å². The van der Waals surface area contributed by atoms with Crippen LogP contribution in [0.1, 0.15) is 119 Å². The van der Waals surface area contributed by atoms with E-state index in [9.17, 15) is 117 Å². The van der Waals surface area contributed by atoms with E-state index in [1.54, 1.807) is 53.7 Å². The summed E-state index contributed by atoms with van der Waals surface area (Å²) < 4.78 is 0. The van der Waals surface area contributed by atoms with Crippen molar-refractivity contribution in [3.8, 4) is 17.2 Å². The number of halogens is 2. The molecule has 2 unspecified atom stereocenters. The smallest absolute Gasteiger partial charge is 0.305 e. The highest BCUT2D eigenvalue weighted by Crippen LogP contribution is 2.19. The molecule has 0 aliphatic rings. The number of benzene rings is 3. The molecular formula is C72H96Cl2N12O25. The minimum absolute atomic E-state index is 0.0418. The molecule has 111 heavy (non-hydrogen) atoms. The van der Waals surface area contributed by atoms with Crippen LogP contribution in [0.15, 0.2) is 72.8 Å². The third kappa shape index (κ3) is 33.8. The number of carbonyl (C=O) groups is 19. The van der Waals surface area contributed by atoms with Gasteiger partial charge in [0.25, 0.3) is 0 Å². The van der Waals surface area contributed by atoms with E-state index in [2.05, 4.69) is 63.8 Å². The zero-order valence-corrected chi connectivity index (χ0v) is 64.3. The van der Waals surface area contributed by atoms with Crippen LogP contribution in [0.4, 0.5) is 0 Å². The van der Waals surface area contributed by atoms with Gasteiger partial charge in [-0.25, -0.2) is 0 Å². The van der Waals surface area contributed by atoms with Gasteiger partial charge < -0.3 is 99.2 Å². The quantitative estimate of drug-likeness (QED) is 0.0170. The second-order valence-electron chi connectivity index (χ2n) is 26.9. The molecule has 0 saturated heterocycles. The summed E-state index contributed by atoms with van der Waals surface area (Å²) in [6.07, 6.45) is -2.69. The summed E-state index contributed by atoms with van der Waals surface area (Å²) in [6, 6.07) is 0.846. The summed E-state index contributed by atoms with van der Waals surface area (Å²) in [5.74, 6) is -20.4. The van der Waals surface area contributed by atoms with Crippen molar-refractivity contribution in [1.82, 2.24) is 63.8 Å². The first-order valence-corrected chi connectivity index (χ1v) is 35.4. The molecular weight excluding hydrogens is 1500 g/mol. The summed E-state index contributed by atoms with van der Waals surface area (Å²) in [4.78, 5) is 240. The fourth-order valence-electron chi connectivity index (χ4n) is 10.2. The number of nitrogens with one attached hydrogen (secondary N) is 12. The van der Waals surface area contributed by atoms with Crippen molar-refractivity contribution in [1.29, 1.82) is 0 Å². The Balaban J connectivity index is 0.000000993. The third-order valence-corrected chi connectivity index (χ3v) is 17.0. The van der Waals surface area contributed by atoms with Gasteiger partial charge in [0.05, 0.1) is 25.3 Å². The highest BCUT2D eigenvalue weighted by Gasteiger charge is 2.43.